The van der Waals surface area contributed by atoms with Crippen LogP contribution in [0, 0.1) is 0 Å². The van der Waals surface area contributed by atoms with Crippen LogP contribution in [0.2, 0.25) is 5.02 Å². The van der Waals surface area contributed by atoms with E-state index in [0.717, 1.165) is 35.7 Å². The molecule has 1 aromatic carbocycles. The van der Waals surface area contributed by atoms with Crippen LogP contribution in [0.25, 0.3) is 33.7 Å². The van der Waals surface area contributed by atoms with Crippen LogP contribution in [0.4, 0.5) is 0 Å². The van der Waals surface area contributed by atoms with Gasteiger partial charge in [-0.15, -0.1) is 0 Å². The minimum atomic E-state index is -0.183. The predicted octanol–water partition coefficient (Wildman–Crippen LogP) is 5.64. The molecule has 0 spiro atoms. The number of hydrogen-bond acceptors (Lipinski definition) is 7. The van der Waals surface area contributed by atoms with Gasteiger partial charge >= 0.3 is 5.97 Å². The Morgan fingerprint density at radius 1 is 1.29 bits per heavy atom. The molecular formula is C26H27ClN4O4. The predicted molar refractivity (Wildman–Crippen MR) is 133 cm³/mol. The van der Waals surface area contributed by atoms with Crippen LogP contribution in [0.1, 0.15) is 44.9 Å². The van der Waals surface area contributed by atoms with Gasteiger partial charge in [-0.05, 0) is 57.7 Å². The third-order valence-electron chi connectivity index (χ3n) is 6.06. The molecule has 0 amide bonds. The molecule has 0 fully saturated rings. The van der Waals surface area contributed by atoms with Gasteiger partial charge in [0.15, 0.2) is 0 Å². The van der Waals surface area contributed by atoms with E-state index in [4.69, 9.17) is 25.6 Å². The maximum atomic E-state index is 12.0. The lowest BCUT2D eigenvalue weighted by Crippen LogP contribution is -2.10. The Balaban J connectivity index is 1.50. The summed E-state index contributed by atoms with van der Waals surface area (Å²) in [5.41, 5.74) is 5.17. The van der Waals surface area contributed by atoms with Crippen LogP contribution in [0.5, 0.6) is 5.88 Å². The lowest BCUT2D eigenvalue weighted by molar-refractivity contribution is -0.143. The molecule has 9 heteroatoms. The summed E-state index contributed by atoms with van der Waals surface area (Å²) in [6, 6.07) is 7.80. The van der Waals surface area contributed by atoms with Gasteiger partial charge in [-0.25, -0.2) is 4.98 Å². The van der Waals surface area contributed by atoms with Crippen molar-refractivity contribution < 1.29 is 18.8 Å². The van der Waals surface area contributed by atoms with Crippen LogP contribution in [0.3, 0.4) is 0 Å². The fourth-order valence-electron chi connectivity index (χ4n) is 4.70. The lowest BCUT2D eigenvalue weighted by atomic mass is 10.0. The fraction of sp³-hybridized carbons (Fsp3) is 0.385. The quantitative estimate of drug-likeness (QED) is 0.293. The topological polar surface area (TPSA) is 92.3 Å². The van der Waals surface area contributed by atoms with E-state index in [-0.39, 0.29) is 12.1 Å². The molecule has 3 aromatic heterocycles. The number of esters is 1. The zero-order valence-electron chi connectivity index (χ0n) is 20.0. The monoisotopic (exact) mass is 494 g/mol. The molecule has 8 nitrogen and oxygen atoms in total. The highest BCUT2D eigenvalue weighted by atomic mass is 35.5. The molecule has 0 unspecified atom stereocenters. The van der Waals surface area contributed by atoms with Crippen LogP contribution in [-0.2, 0) is 28.9 Å². The van der Waals surface area contributed by atoms with Crippen molar-refractivity contribution in [2.45, 2.75) is 59.1 Å². The highest BCUT2D eigenvalue weighted by Crippen LogP contribution is 2.39. The molecule has 0 atom stereocenters. The van der Waals surface area contributed by atoms with E-state index in [1.54, 1.807) is 12.3 Å². The Bertz CT molecular complexity index is 1390. The van der Waals surface area contributed by atoms with E-state index in [1.807, 2.05) is 32.9 Å². The van der Waals surface area contributed by atoms with Gasteiger partial charge in [-0.1, -0.05) is 28.9 Å². The lowest BCUT2D eigenvalue weighted by Gasteiger charge is -2.10. The molecule has 1 aliphatic rings. The van der Waals surface area contributed by atoms with Crippen molar-refractivity contribution in [3.8, 4) is 28.7 Å². The second kappa shape index (κ2) is 9.70. The van der Waals surface area contributed by atoms with Gasteiger partial charge in [-0.3, -0.25) is 4.79 Å². The highest BCUT2D eigenvalue weighted by molar-refractivity contribution is 6.32. The van der Waals surface area contributed by atoms with E-state index in [0.29, 0.717) is 47.8 Å². The van der Waals surface area contributed by atoms with Gasteiger partial charge in [0.25, 0.3) is 5.89 Å². The second-order valence-corrected chi connectivity index (χ2v) is 9.19. The number of ether oxygens (including phenoxy) is 2. The molecule has 0 saturated carbocycles. The summed E-state index contributed by atoms with van der Waals surface area (Å²) < 4.78 is 18.6. The van der Waals surface area contributed by atoms with Crippen molar-refractivity contribution in [3.05, 3.63) is 46.7 Å². The average molecular weight is 495 g/mol. The fourth-order valence-corrected chi connectivity index (χ4v) is 4.91. The molecule has 0 N–H and O–H groups in total. The number of aryl methyl sites for hydroxylation is 2. The molecule has 4 aromatic rings. The Hall–Kier alpha value is -3.39. The first kappa shape index (κ1) is 23.4. The van der Waals surface area contributed by atoms with Crippen LogP contribution < -0.4 is 4.74 Å². The van der Waals surface area contributed by atoms with Crippen molar-refractivity contribution in [3.63, 3.8) is 0 Å². The molecule has 182 valence electrons. The van der Waals surface area contributed by atoms with E-state index in [2.05, 4.69) is 25.8 Å². The number of fused-ring (bicyclic) bond motifs is 3. The summed E-state index contributed by atoms with van der Waals surface area (Å²) in [4.78, 5) is 21.0. The molecule has 3 heterocycles. The number of benzene rings is 1. The van der Waals surface area contributed by atoms with Gasteiger partial charge in [0.2, 0.25) is 11.7 Å². The first-order chi connectivity index (χ1) is 17.0. The second-order valence-electron chi connectivity index (χ2n) is 8.79. The molecule has 0 saturated heterocycles. The van der Waals surface area contributed by atoms with E-state index < -0.39 is 0 Å². The Morgan fingerprint density at radius 2 is 2.14 bits per heavy atom. The number of carbonyl (C=O) groups excluding carboxylic acids is 1. The largest absolute Gasteiger partial charge is 0.474 e. The number of rotatable bonds is 8. The van der Waals surface area contributed by atoms with E-state index in [9.17, 15) is 4.79 Å². The van der Waals surface area contributed by atoms with Crippen LogP contribution >= 0.6 is 11.6 Å². The molecular weight excluding hydrogens is 468 g/mol. The SMILES string of the molecule is CCOC(=O)CCn1c2c(c3c(-c4noc(-c5cnc(OC(C)C)c(Cl)c5)n4)cccc31)CCC2. The van der Waals surface area contributed by atoms with Crippen molar-refractivity contribution in [1.29, 1.82) is 0 Å². The summed E-state index contributed by atoms with van der Waals surface area (Å²) in [7, 11) is 0. The maximum Gasteiger partial charge on any atom is 0.307 e. The minimum Gasteiger partial charge on any atom is -0.474 e. The summed E-state index contributed by atoms with van der Waals surface area (Å²) in [6.45, 7) is 6.63. The van der Waals surface area contributed by atoms with Crippen molar-refractivity contribution >= 4 is 28.5 Å². The standard InChI is InChI=1S/C26H27ClN4O4/c1-4-33-22(32)11-12-31-20-9-5-7-17(20)23-18(8-6-10-21(23)31)24-29-25(35-30-24)16-13-19(27)26(28-14-16)34-15(2)3/h6,8,10,13-15H,4-5,7,9,11-12H2,1-3H3. The Kier molecular flexibility index (Phi) is 6.47. The summed E-state index contributed by atoms with van der Waals surface area (Å²) >= 11 is 6.35. The number of halogens is 1. The van der Waals surface area contributed by atoms with Crippen molar-refractivity contribution in [2.75, 3.05) is 6.61 Å². The van der Waals surface area contributed by atoms with E-state index >= 15 is 0 Å². The van der Waals surface area contributed by atoms with E-state index in [1.165, 1.54) is 11.3 Å². The molecule has 0 bridgehead atoms. The molecule has 35 heavy (non-hydrogen) atoms. The first-order valence-electron chi connectivity index (χ1n) is 11.9. The summed E-state index contributed by atoms with van der Waals surface area (Å²) in [6.07, 6.45) is 4.97. The molecule has 5 rings (SSSR count). The van der Waals surface area contributed by atoms with Crippen LogP contribution in [-0.4, -0.2) is 38.4 Å². The smallest absolute Gasteiger partial charge is 0.307 e. The zero-order chi connectivity index (χ0) is 24.5. The average Bonchev–Trinajstić information content (AvgIpc) is 3.55. The number of aromatic nitrogens is 4. The van der Waals surface area contributed by atoms with Gasteiger partial charge < -0.3 is 18.6 Å². The Labute approximate surface area is 208 Å². The van der Waals surface area contributed by atoms with Crippen molar-refractivity contribution in [2.24, 2.45) is 0 Å². The van der Waals surface area contributed by atoms with Gasteiger partial charge in [-0.2, -0.15) is 4.98 Å². The zero-order valence-corrected chi connectivity index (χ0v) is 20.8. The van der Waals surface area contributed by atoms with Gasteiger partial charge in [0.1, 0.15) is 5.02 Å². The maximum absolute atomic E-state index is 12.0. The molecule has 1 aliphatic carbocycles. The number of hydrogen-bond donors (Lipinski definition) is 0. The molecule has 0 radical (unpaired) electrons. The first-order valence-corrected chi connectivity index (χ1v) is 12.3. The third kappa shape index (κ3) is 4.50. The number of carbonyl (C=O) groups is 1. The summed E-state index contributed by atoms with van der Waals surface area (Å²) in [5.74, 6) is 1.02. The summed E-state index contributed by atoms with van der Waals surface area (Å²) in [5, 5.41) is 5.78. The Morgan fingerprint density at radius 3 is 2.91 bits per heavy atom. The van der Waals surface area contributed by atoms with Gasteiger partial charge in [0.05, 0.1) is 24.7 Å². The van der Waals surface area contributed by atoms with Crippen molar-refractivity contribution in [1.82, 2.24) is 19.7 Å². The molecule has 0 aliphatic heterocycles. The highest BCUT2D eigenvalue weighted by Gasteiger charge is 2.25. The normalized spacial score (nSPS) is 12.9. The minimum absolute atomic E-state index is 0.0346. The third-order valence-corrected chi connectivity index (χ3v) is 6.33. The van der Waals surface area contributed by atoms with Crippen LogP contribution in [0.15, 0.2) is 35.0 Å². The number of nitrogens with zero attached hydrogens (tertiary/aromatic N) is 4. The van der Waals surface area contributed by atoms with Gasteiger partial charge in [0, 0.05) is 34.9 Å². The number of pyridine rings is 1.